The third kappa shape index (κ3) is 1.92. The van der Waals surface area contributed by atoms with Gasteiger partial charge in [0.2, 0.25) is 0 Å². The molecule has 0 radical (unpaired) electrons. The average molecular weight is 201 g/mol. The van der Waals surface area contributed by atoms with Crippen molar-refractivity contribution in [3.05, 3.63) is 41.1 Å². The van der Waals surface area contributed by atoms with Crippen molar-refractivity contribution >= 4 is 0 Å². The van der Waals surface area contributed by atoms with Crippen LogP contribution in [0.4, 0.5) is 0 Å². The van der Waals surface area contributed by atoms with Crippen molar-refractivity contribution in [3.8, 4) is 11.3 Å². The van der Waals surface area contributed by atoms with E-state index in [9.17, 15) is 0 Å². The Bertz CT molecular complexity index is 451. The Balaban J connectivity index is 2.53. The molecule has 3 nitrogen and oxygen atoms in total. The number of hydrogen-bond acceptors (Lipinski definition) is 2. The minimum absolute atomic E-state index is 0.513. The van der Waals surface area contributed by atoms with Gasteiger partial charge < -0.3 is 5.73 Å². The fourth-order valence-corrected chi connectivity index (χ4v) is 1.83. The molecule has 0 saturated heterocycles. The summed E-state index contributed by atoms with van der Waals surface area (Å²) in [7, 11) is 0. The van der Waals surface area contributed by atoms with Crippen LogP contribution in [-0.4, -0.2) is 10.2 Å². The van der Waals surface area contributed by atoms with Gasteiger partial charge in [-0.3, -0.25) is 5.10 Å². The average Bonchev–Trinajstić information content (AvgIpc) is 2.63. The van der Waals surface area contributed by atoms with Crippen LogP contribution in [0.1, 0.15) is 16.7 Å². The monoisotopic (exact) mass is 201 g/mol. The minimum atomic E-state index is 0.513. The molecule has 0 saturated carbocycles. The van der Waals surface area contributed by atoms with Gasteiger partial charge in [-0.2, -0.15) is 5.10 Å². The molecule has 0 amide bonds. The maximum atomic E-state index is 5.65. The molecule has 0 unspecified atom stereocenters. The molecule has 0 fully saturated rings. The zero-order valence-electron chi connectivity index (χ0n) is 9.04. The molecule has 2 rings (SSSR count). The summed E-state index contributed by atoms with van der Waals surface area (Å²) in [6.45, 7) is 4.70. The molecular weight excluding hydrogens is 186 g/mol. The van der Waals surface area contributed by atoms with Crippen LogP contribution in [0.25, 0.3) is 11.3 Å². The predicted octanol–water partition coefficient (Wildman–Crippen LogP) is 2.15. The van der Waals surface area contributed by atoms with E-state index in [2.05, 4.69) is 42.2 Å². The van der Waals surface area contributed by atoms with Gasteiger partial charge in [-0.15, -0.1) is 0 Å². The van der Waals surface area contributed by atoms with Crippen LogP contribution >= 0.6 is 0 Å². The molecule has 3 N–H and O–H groups in total. The van der Waals surface area contributed by atoms with E-state index in [0.717, 1.165) is 16.8 Å². The zero-order chi connectivity index (χ0) is 10.8. The van der Waals surface area contributed by atoms with Crippen LogP contribution in [0.3, 0.4) is 0 Å². The highest BCUT2D eigenvalue weighted by Crippen LogP contribution is 2.23. The second-order valence-corrected chi connectivity index (χ2v) is 3.85. The van der Waals surface area contributed by atoms with Crippen LogP contribution in [-0.2, 0) is 6.54 Å². The quantitative estimate of drug-likeness (QED) is 0.782. The highest BCUT2D eigenvalue weighted by Gasteiger charge is 2.06. The van der Waals surface area contributed by atoms with E-state index in [1.807, 2.05) is 0 Å². The summed E-state index contributed by atoms with van der Waals surface area (Å²) in [5.41, 5.74) is 11.4. The molecule has 0 aliphatic heterocycles. The summed E-state index contributed by atoms with van der Waals surface area (Å²) in [6, 6.07) is 6.43. The Morgan fingerprint density at radius 2 is 1.87 bits per heavy atom. The van der Waals surface area contributed by atoms with Gasteiger partial charge in [0.25, 0.3) is 0 Å². The number of aryl methyl sites for hydroxylation is 2. The lowest BCUT2D eigenvalue weighted by molar-refractivity contribution is 1.08. The number of benzene rings is 1. The molecule has 2 aromatic rings. The van der Waals surface area contributed by atoms with Crippen molar-refractivity contribution in [2.45, 2.75) is 20.4 Å². The zero-order valence-corrected chi connectivity index (χ0v) is 9.04. The number of aromatic nitrogens is 2. The number of nitrogens with one attached hydrogen (secondary N) is 1. The molecule has 1 heterocycles. The first-order valence-corrected chi connectivity index (χ1v) is 5.01. The lowest BCUT2D eigenvalue weighted by Crippen LogP contribution is -1.96. The van der Waals surface area contributed by atoms with E-state index in [4.69, 9.17) is 5.73 Å². The normalized spacial score (nSPS) is 10.6. The molecule has 15 heavy (non-hydrogen) atoms. The van der Waals surface area contributed by atoms with E-state index in [1.165, 1.54) is 11.1 Å². The summed E-state index contributed by atoms with van der Waals surface area (Å²) in [4.78, 5) is 0. The number of aromatic amines is 1. The van der Waals surface area contributed by atoms with Gasteiger partial charge in [0.1, 0.15) is 0 Å². The lowest BCUT2D eigenvalue weighted by atomic mass is 10.0. The largest absolute Gasteiger partial charge is 0.326 e. The van der Waals surface area contributed by atoms with Gasteiger partial charge in [-0.05, 0) is 26.0 Å². The number of nitrogens with zero attached hydrogens (tertiary/aromatic N) is 1. The first-order valence-electron chi connectivity index (χ1n) is 5.01. The van der Waals surface area contributed by atoms with E-state index >= 15 is 0 Å². The summed E-state index contributed by atoms with van der Waals surface area (Å²) >= 11 is 0. The van der Waals surface area contributed by atoms with Crippen molar-refractivity contribution in [3.63, 3.8) is 0 Å². The topological polar surface area (TPSA) is 54.7 Å². The Hall–Kier alpha value is -1.61. The van der Waals surface area contributed by atoms with Gasteiger partial charge in [0.15, 0.2) is 0 Å². The fraction of sp³-hybridized carbons (Fsp3) is 0.250. The van der Waals surface area contributed by atoms with Crippen molar-refractivity contribution in [1.82, 2.24) is 10.2 Å². The molecule has 0 aliphatic rings. The molecule has 3 heteroatoms. The molecule has 0 aliphatic carbocycles. The van der Waals surface area contributed by atoms with E-state index in [-0.39, 0.29) is 0 Å². The van der Waals surface area contributed by atoms with E-state index in [1.54, 1.807) is 6.20 Å². The molecule has 0 bridgehead atoms. The Labute approximate surface area is 89.3 Å². The highest BCUT2D eigenvalue weighted by atomic mass is 15.1. The summed E-state index contributed by atoms with van der Waals surface area (Å²) in [5, 5.41) is 7.02. The maximum absolute atomic E-state index is 5.65. The second-order valence-electron chi connectivity index (χ2n) is 3.85. The maximum Gasteiger partial charge on any atom is 0.0695 e. The van der Waals surface area contributed by atoms with Crippen LogP contribution in [0.15, 0.2) is 24.4 Å². The smallest absolute Gasteiger partial charge is 0.0695 e. The highest BCUT2D eigenvalue weighted by molar-refractivity contribution is 5.64. The van der Waals surface area contributed by atoms with Crippen molar-refractivity contribution < 1.29 is 0 Å². The third-order valence-corrected chi connectivity index (χ3v) is 2.45. The first-order chi connectivity index (χ1) is 7.20. The Morgan fingerprint density at radius 3 is 2.47 bits per heavy atom. The lowest BCUT2D eigenvalue weighted by Gasteiger charge is -2.04. The van der Waals surface area contributed by atoms with Crippen molar-refractivity contribution in [2.24, 2.45) is 5.73 Å². The molecule has 0 spiro atoms. The molecule has 1 aromatic carbocycles. The van der Waals surface area contributed by atoms with Crippen molar-refractivity contribution in [2.75, 3.05) is 0 Å². The molecule has 78 valence electrons. The summed E-state index contributed by atoms with van der Waals surface area (Å²) in [5.74, 6) is 0. The SMILES string of the molecule is Cc1cc(C)cc(-c2[nH]ncc2CN)c1. The van der Waals surface area contributed by atoms with E-state index < -0.39 is 0 Å². The number of H-pyrrole nitrogens is 1. The van der Waals surface area contributed by atoms with Gasteiger partial charge in [-0.25, -0.2) is 0 Å². The first kappa shape index (κ1) is 9.93. The molecule has 0 atom stereocenters. The minimum Gasteiger partial charge on any atom is -0.326 e. The molecular formula is C12H15N3. The van der Waals surface area contributed by atoms with E-state index in [0.29, 0.717) is 6.54 Å². The Kier molecular flexibility index (Phi) is 2.56. The van der Waals surface area contributed by atoms with Crippen LogP contribution in [0.5, 0.6) is 0 Å². The Morgan fingerprint density at radius 1 is 1.20 bits per heavy atom. The summed E-state index contributed by atoms with van der Waals surface area (Å²) < 4.78 is 0. The number of nitrogens with two attached hydrogens (primary N) is 1. The van der Waals surface area contributed by atoms with Crippen LogP contribution in [0.2, 0.25) is 0 Å². The van der Waals surface area contributed by atoms with Gasteiger partial charge in [0, 0.05) is 17.7 Å². The number of rotatable bonds is 2. The van der Waals surface area contributed by atoms with Crippen molar-refractivity contribution in [1.29, 1.82) is 0 Å². The fourth-order valence-electron chi connectivity index (χ4n) is 1.83. The third-order valence-electron chi connectivity index (χ3n) is 2.45. The van der Waals surface area contributed by atoms with Crippen LogP contribution < -0.4 is 5.73 Å². The standard InChI is InChI=1S/C12H15N3/c1-8-3-9(2)5-10(4-8)12-11(6-13)7-14-15-12/h3-5,7H,6,13H2,1-2H3,(H,14,15). The van der Waals surface area contributed by atoms with Crippen LogP contribution in [0, 0.1) is 13.8 Å². The summed E-state index contributed by atoms with van der Waals surface area (Å²) in [6.07, 6.45) is 1.78. The number of hydrogen-bond donors (Lipinski definition) is 2. The predicted molar refractivity (Wildman–Crippen MR) is 61.4 cm³/mol. The second kappa shape index (κ2) is 3.87. The molecule has 1 aromatic heterocycles. The van der Waals surface area contributed by atoms with Gasteiger partial charge in [0.05, 0.1) is 11.9 Å². The van der Waals surface area contributed by atoms with Gasteiger partial charge >= 0.3 is 0 Å². The van der Waals surface area contributed by atoms with Gasteiger partial charge in [-0.1, -0.05) is 17.2 Å².